The molecule has 3 rings (SSSR count). The fraction of sp³-hybridized carbons (Fsp3) is 0.200. The van der Waals surface area contributed by atoms with Crippen LogP contribution in [0.4, 0.5) is 11.4 Å². The first-order valence-electron chi connectivity index (χ1n) is 7.49. The number of nitro groups is 1. The van der Waals surface area contributed by atoms with Gasteiger partial charge in [-0.25, -0.2) is 4.68 Å². The maximum atomic E-state index is 12.2. The Labute approximate surface area is 151 Å². The highest BCUT2D eigenvalue weighted by Crippen LogP contribution is 2.22. The van der Waals surface area contributed by atoms with Crippen LogP contribution in [0.15, 0.2) is 46.2 Å². The van der Waals surface area contributed by atoms with E-state index in [-0.39, 0.29) is 17.3 Å². The first-order valence-corrected chi connectivity index (χ1v) is 8.48. The molecule has 1 amide bonds. The lowest BCUT2D eigenvalue weighted by Gasteiger charge is -2.08. The standard InChI is InChI=1S/C15H14N6O4S/c1-10-4-5-11(21(23)24)7-13(10)16-14(22)9-26-15-17-18-19-20(15)8-12-3-2-6-25-12/h2-7H,8-9H2,1H3,(H,16,22). The first kappa shape index (κ1) is 17.6. The van der Waals surface area contributed by atoms with E-state index in [0.717, 1.165) is 17.3 Å². The van der Waals surface area contributed by atoms with E-state index in [2.05, 4.69) is 20.8 Å². The zero-order chi connectivity index (χ0) is 18.5. The molecule has 0 aliphatic carbocycles. The van der Waals surface area contributed by atoms with E-state index in [1.807, 2.05) is 0 Å². The molecule has 0 bridgehead atoms. The van der Waals surface area contributed by atoms with E-state index in [9.17, 15) is 14.9 Å². The number of thioether (sulfide) groups is 1. The number of furan rings is 1. The van der Waals surface area contributed by atoms with E-state index < -0.39 is 4.92 Å². The second-order valence-corrected chi connectivity index (χ2v) is 6.23. The highest BCUT2D eigenvalue weighted by molar-refractivity contribution is 7.99. The summed E-state index contributed by atoms with van der Waals surface area (Å²) in [7, 11) is 0. The number of non-ortho nitro benzene ring substituents is 1. The lowest BCUT2D eigenvalue weighted by Crippen LogP contribution is -2.15. The predicted octanol–water partition coefficient (Wildman–Crippen LogP) is 2.26. The topological polar surface area (TPSA) is 129 Å². The van der Waals surface area contributed by atoms with Gasteiger partial charge in [-0.1, -0.05) is 17.8 Å². The molecule has 0 fully saturated rings. The number of tetrazole rings is 1. The average molecular weight is 374 g/mol. The molecule has 0 saturated carbocycles. The van der Waals surface area contributed by atoms with Gasteiger partial charge in [0.1, 0.15) is 12.3 Å². The Morgan fingerprint density at radius 3 is 3.00 bits per heavy atom. The summed E-state index contributed by atoms with van der Waals surface area (Å²) in [6.07, 6.45) is 1.56. The second-order valence-electron chi connectivity index (χ2n) is 5.29. The number of carbonyl (C=O) groups is 1. The molecule has 1 aromatic carbocycles. The zero-order valence-corrected chi connectivity index (χ0v) is 14.5. The largest absolute Gasteiger partial charge is 0.467 e. The van der Waals surface area contributed by atoms with Gasteiger partial charge < -0.3 is 9.73 Å². The SMILES string of the molecule is Cc1ccc([N+](=O)[O-])cc1NC(=O)CSc1nnnn1Cc1ccco1. The van der Waals surface area contributed by atoms with Crippen molar-refractivity contribution in [2.45, 2.75) is 18.6 Å². The van der Waals surface area contributed by atoms with Gasteiger partial charge >= 0.3 is 0 Å². The zero-order valence-electron chi connectivity index (χ0n) is 13.7. The number of hydrogen-bond acceptors (Lipinski definition) is 8. The van der Waals surface area contributed by atoms with Gasteiger partial charge in [-0.3, -0.25) is 14.9 Å². The van der Waals surface area contributed by atoms with Gasteiger partial charge in [-0.15, -0.1) is 5.10 Å². The van der Waals surface area contributed by atoms with Crippen LogP contribution in [0, 0.1) is 17.0 Å². The highest BCUT2D eigenvalue weighted by Gasteiger charge is 2.14. The molecule has 3 aromatic rings. The summed E-state index contributed by atoms with van der Waals surface area (Å²) in [6.45, 7) is 2.12. The van der Waals surface area contributed by atoms with E-state index in [1.165, 1.54) is 16.8 Å². The quantitative estimate of drug-likeness (QED) is 0.379. The number of anilines is 1. The number of rotatable bonds is 7. The van der Waals surface area contributed by atoms with Crippen LogP contribution in [0.2, 0.25) is 0 Å². The Hall–Kier alpha value is -3.21. The van der Waals surface area contributed by atoms with E-state index in [1.54, 1.807) is 31.4 Å². The van der Waals surface area contributed by atoms with Crippen LogP contribution in [-0.2, 0) is 11.3 Å². The Morgan fingerprint density at radius 1 is 1.42 bits per heavy atom. The molecule has 1 N–H and O–H groups in total. The second kappa shape index (κ2) is 7.78. The van der Waals surface area contributed by atoms with Gasteiger partial charge in [0, 0.05) is 12.1 Å². The van der Waals surface area contributed by atoms with Crippen molar-refractivity contribution in [1.29, 1.82) is 0 Å². The lowest BCUT2D eigenvalue weighted by atomic mass is 10.2. The van der Waals surface area contributed by atoms with Crippen molar-refractivity contribution in [1.82, 2.24) is 20.2 Å². The summed E-state index contributed by atoms with van der Waals surface area (Å²) in [5.41, 5.74) is 1.05. The van der Waals surface area contributed by atoms with Gasteiger partial charge in [-0.2, -0.15) is 0 Å². The Morgan fingerprint density at radius 2 is 2.27 bits per heavy atom. The molecule has 134 valence electrons. The summed E-state index contributed by atoms with van der Waals surface area (Å²) in [5, 5.41) is 25.3. The van der Waals surface area contributed by atoms with Crippen LogP contribution < -0.4 is 5.32 Å². The maximum absolute atomic E-state index is 12.2. The Balaban J connectivity index is 1.61. The van der Waals surface area contributed by atoms with Gasteiger partial charge in [0.15, 0.2) is 0 Å². The molecular formula is C15H14N6O4S. The first-order chi connectivity index (χ1) is 12.5. The summed E-state index contributed by atoms with van der Waals surface area (Å²) >= 11 is 1.16. The third kappa shape index (κ3) is 4.25. The molecule has 2 heterocycles. The predicted molar refractivity (Wildman–Crippen MR) is 92.8 cm³/mol. The number of aryl methyl sites for hydroxylation is 1. The number of nitrogens with zero attached hydrogens (tertiary/aromatic N) is 5. The fourth-order valence-corrected chi connectivity index (χ4v) is 2.80. The number of aromatic nitrogens is 4. The average Bonchev–Trinajstić information content (AvgIpc) is 3.27. The molecule has 2 aromatic heterocycles. The highest BCUT2D eigenvalue weighted by atomic mass is 32.2. The normalized spacial score (nSPS) is 10.7. The number of hydrogen-bond donors (Lipinski definition) is 1. The monoisotopic (exact) mass is 374 g/mol. The number of amides is 1. The van der Waals surface area contributed by atoms with E-state index in [4.69, 9.17) is 4.42 Å². The van der Waals surface area contributed by atoms with Crippen molar-refractivity contribution in [3.05, 3.63) is 58.0 Å². The molecule has 26 heavy (non-hydrogen) atoms. The minimum atomic E-state index is -0.507. The van der Waals surface area contributed by atoms with Crippen LogP contribution in [0.5, 0.6) is 0 Å². The van der Waals surface area contributed by atoms with Crippen molar-refractivity contribution >= 4 is 29.0 Å². The van der Waals surface area contributed by atoms with Crippen LogP contribution in [0.25, 0.3) is 0 Å². The maximum Gasteiger partial charge on any atom is 0.271 e. The molecule has 0 aliphatic rings. The number of nitro benzene ring substituents is 1. The molecule has 0 aliphatic heterocycles. The van der Waals surface area contributed by atoms with Gasteiger partial charge in [0.25, 0.3) is 5.69 Å². The van der Waals surface area contributed by atoms with E-state index >= 15 is 0 Å². The molecular weight excluding hydrogens is 360 g/mol. The lowest BCUT2D eigenvalue weighted by molar-refractivity contribution is -0.384. The van der Waals surface area contributed by atoms with Crippen molar-refractivity contribution in [3.63, 3.8) is 0 Å². The molecule has 10 nitrogen and oxygen atoms in total. The fourth-order valence-electron chi connectivity index (χ4n) is 2.12. The molecule has 11 heteroatoms. The van der Waals surface area contributed by atoms with Crippen molar-refractivity contribution in [3.8, 4) is 0 Å². The van der Waals surface area contributed by atoms with Gasteiger partial charge in [0.2, 0.25) is 11.1 Å². The van der Waals surface area contributed by atoms with E-state index in [0.29, 0.717) is 23.1 Å². The number of nitrogens with one attached hydrogen (secondary N) is 1. The van der Waals surface area contributed by atoms with Crippen LogP contribution >= 0.6 is 11.8 Å². The third-order valence-corrected chi connectivity index (χ3v) is 4.38. The van der Waals surface area contributed by atoms with Crippen LogP contribution in [0.1, 0.15) is 11.3 Å². The minimum Gasteiger partial charge on any atom is -0.467 e. The Bertz CT molecular complexity index is 924. The molecule has 0 spiro atoms. The summed E-state index contributed by atoms with van der Waals surface area (Å²) < 4.78 is 6.77. The van der Waals surface area contributed by atoms with Crippen LogP contribution in [-0.4, -0.2) is 36.8 Å². The molecule has 0 unspecified atom stereocenters. The van der Waals surface area contributed by atoms with Crippen molar-refractivity contribution < 1.29 is 14.1 Å². The van der Waals surface area contributed by atoms with Crippen molar-refractivity contribution in [2.24, 2.45) is 0 Å². The summed E-state index contributed by atoms with van der Waals surface area (Å²) in [6, 6.07) is 7.88. The van der Waals surface area contributed by atoms with Gasteiger partial charge in [0.05, 0.1) is 22.6 Å². The van der Waals surface area contributed by atoms with Crippen molar-refractivity contribution in [2.75, 3.05) is 11.1 Å². The number of carbonyl (C=O) groups excluding carboxylic acids is 1. The van der Waals surface area contributed by atoms with Gasteiger partial charge in [-0.05, 0) is 35.0 Å². The Kier molecular flexibility index (Phi) is 5.27. The smallest absolute Gasteiger partial charge is 0.271 e. The third-order valence-electron chi connectivity index (χ3n) is 3.42. The van der Waals surface area contributed by atoms with Crippen LogP contribution in [0.3, 0.4) is 0 Å². The molecule has 0 saturated heterocycles. The molecule has 0 atom stereocenters. The molecule has 0 radical (unpaired) electrons. The summed E-state index contributed by atoms with van der Waals surface area (Å²) in [4.78, 5) is 22.5. The summed E-state index contributed by atoms with van der Waals surface area (Å²) in [5.74, 6) is 0.433. The minimum absolute atomic E-state index is 0.0562. The number of benzene rings is 1.